The number of hydrogen-bond donors (Lipinski definition) is 0. The lowest BCUT2D eigenvalue weighted by atomic mass is 10.0. The Morgan fingerprint density at radius 1 is 1.62 bits per heavy atom. The number of rotatable bonds is 2. The molecule has 1 unspecified atom stereocenters. The van der Waals surface area contributed by atoms with E-state index in [1.54, 1.807) is 5.56 Å². The highest BCUT2D eigenvalue weighted by atomic mass is 32.1. The van der Waals surface area contributed by atoms with Gasteiger partial charge in [0.1, 0.15) is 0 Å². The summed E-state index contributed by atoms with van der Waals surface area (Å²) in [5.41, 5.74) is 1.57. The molecule has 1 aromatic heterocycles. The van der Waals surface area contributed by atoms with Crippen LogP contribution in [0.25, 0.3) is 0 Å². The lowest BCUT2D eigenvalue weighted by Gasteiger charge is -2.11. The molecule has 0 spiro atoms. The summed E-state index contributed by atoms with van der Waals surface area (Å²) >= 11 is 1.88. The van der Waals surface area contributed by atoms with Crippen LogP contribution in [0, 0.1) is 6.92 Å². The van der Waals surface area contributed by atoms with Gasteiger partial charge in [0.05, 0.1) is 0 Å². The molecule has 2 rings (SSSR count). The first-order valence-electron chi connectivity index (χ1n) is 5.07. The standard InChI is InChI=1S/C11H17NS/c1-3-12-5-4-10(7-12)11-6-9(2)13-8-11/h6,8,10H,3-5,7H2,1-2H3. The average Bonchev–Trinajstić information content (AvgIpc) is 2.71. The van der Waals surface area contributed by atoms with Crippen LogP contribution in [0.2, 0.25) is 0 Å². The second kappa shape index (κ2) is 3.81. The van der Waals surface area contributed by atoms with Crippen LogP contribution in [0.1, 0.15) is 29.7 Å². The van der Waals surface area contributed by atoms with Gasteiger partial charge in [-0.15, -0.1) is 11.3 Å². The summed E-state index contributed by atoms with van der Waals surface area (Å²) in [5.74, 6) is 0.810. The van der Waals surface area contributed by atoms with E-state index in [1.165, 1.54) is 30.9 Å². The summed E-state index contributed by atoms with van der Waals surface area (Å²) in [4.78, 5) is 3.99. The summed E-state index contributed by atoms with van der Waals surface area (Å²) in [6.45, 7) is 8.21. The highest BCUT2D eigenvalue weighted by Crippen LogP contribution is 2.29. The molecule has 1 aliphatic heterocycles. The summed E-state index contributed by atoms with van der Waals surface area (Å²) in [7, 11) is 0. The molecule has 0 radical (unpaired) electrons. The van der Waals surface area contributed by atoms with E-state index < -0.39 is 0 Å². The number of thiophene rings is 1. The van der Waals surface area contributed by atoms with Gasteiger partial charge in [-0.05, 0) is 49.4 Å². The molecular formula is C11H17NS. The molecule has 13 heavy (non-hydrogen) atoms. The molecule has 0 N–H and O–H groups in total. The van der Waals surface area contributed by atoms with Crippen LogP contribution in [0.4, 0.5) is 0 Å². The quantitative estimate of drug-likeness (QED) is 0.701. The van der Waals surface area contributed by atoms with E-state index in [4.69, 9.17) is 0 Å². The molecular weight excluding hydrogens is 178 g/mol. The van der Waals surface area contributed by atoms with E-state index >= 15 is 0 Å². The van der Waals surface area contributed by atoms with Crippen LogP contribution in [-0.4, -0.2) is 24.5 Å². The third-order valence-corrected chi connectivity index (χ3v) is 3.82. The molecule has 2 heterocycles. The molecule has 1 nitrogen and oxygen atoms in total. The smallest absolute Gasteiger partial charge is 0.00509 e. The number of likely N-dealkylation sites (tertiary alicyclic amines) is 1. The average molecular weight is 195 g/mol. The van der Waals surface area contributed by atoms with Gasteiger partial charge in [0.25, 0.3) is 0 Å². The molecule has 1 saturated heterocycles. The van der Waals surface area contributed by atoms with Crippen LogP contribution in [0.3, 0.4) is 0 Å². The molecule has 1 aliphatic rings. The van der Waals surface area contributed by atoms with Crippen molar-refractivity contribution in [2.75, 3.05) is 19.6 Å². The third-order valence-electron chi connectivity index (χ3n) is 2.94. The third kappa shape index (κ3) is 1.94. The van der Waals surface area contributed by atoms with Crippen LogP contribution < -0.4 is 0 Å². The van der Waals surface area contributed by atoms with E-state index in [1.807, 2.05) is 11.3 Å². The zero-order valence-electron chi connectivity index (χ0n) is 8.42. The summed E-state index contributed by atoms with van der Waals surface area (Å²) < 4.78 is 0. The molecule has 0 aromatic carbocycles. The Hall–Kier alpha value is -0.340. The van der Waals surface area contributed by atoms with Crippen molar-refractivity contribution >= 4 is 11.3 Å². The maximum absolute atomic E-state index is 2.54. The maximum atomic E-state index is 2.54. The molecule has 1 aromatic rings. The zero-order valence-corrected chi connectivity index (χ0v) is 9.23. The van der Waals surface area contributed by atoms with Crippen molar-refractivity contribution < 1.29 is 0 Å². The zero-order chi connectivity index (χ0) is 9.26. The van der Waals surface area contributed by atoms with E-state index in [0.717, 1.165) is 5.92 Å². The van der Waals surface area contributed by atoms with Crippen molar-refractivity contribution in [3.8, 4) is 0 Å². The molecule has 1 atom stereocenters. The van der Waals surface area contributed by atoms with E-state index in [-0.39, 0.29) is 0 Å². The molecule has 2 heteroatoms. The van der Waals surface area contributed by atoms with E-state index in [9.17, 15) is 0 Å². The van der Waals surface area contributed by atoms with Crippen molar-refractivity contribution in [1.82, 2.24) is 4.90 Å². The Morgan fingerprint density at radius 2 is 2.46 bits per heavy atom. The van der Waals surface area contributed by atoms with Gasteiger partial charge in [-0.1, -0.05) is 6.92 Å². The van der Waals surface area contributed by atoms with Gasteiger partial charge in [0.15, 0.2) is 0 Å². The van der Waals surface area contributed by atoms with Crippen molar-refractivity contribution in [3.05, 3.63) is 21.9 Å². The molecule has 0 amide bonds. The number of likely N-dealkylation sites (N-methyl/N-ethyl adjacent to an activating group) is 1. The van der Waals surface area contributed by atoms with Crippen molar-refractivity contribution in [3.63, 3.8) is 0 Å². The van der Waals surface area contributed by atoms with Crippen molar-refractivity contribution in [1.29, 1.82) is 0 Å². The fraction of sp³-hybridized carbons (Fsp3) is 0.636. The van der Waals surface area contributed by atoms with Gasteiger partial charge in [0.2, 0.25) is 0 Å². The Balaban J connectivity index is 2.03. The maximum Gasteiger partial charge on any atom is 0.00509 e. The molecule has 1 fully saturated rings. The van der Waals surface area contributed by atoms with E-state index in [2.05, 4.69) is 30.2 Å². The van der Waals surface area contributed by atoms with Crippen LogP contribution >= 0.6 is 11.3 Å². The van der Waals surface area contributed by atoms with E-state index in [0.29, 0.717) is 0 Å². The first-order valence-corrected chi connectivity index (χ1v) is 5.95. The Labute approximate surface area is 84.4 Å². The van der Waals surface area contributed by atoms with Gasteiger partial charge >= 0.3 is 0 Å². The first-order chi connectivity index (χ1) is 6.29. The Morgan fingerprint density at radius 3 is 3.00 bits per heavy atom. The van der Waals surface area contributed by atoms with Crippen molar-refractivity contribution in [2.45, 2.75) is 26.2 Å². The van der Waals surface area contributed by atoms with Gasteiger partial charge in [-0.3, -0.25) is 0 Å². The normalized spacial score (nSPS) is 24.0. The minimum absolute atomic E-state index is 0.810. The minimum Gasteiger partial charge on any atom is -0.303 e. The van der Waals surface area contributed by atoms with Crippen molar-refractivity contribution in [2.24, 2.45) is 0 Å². The topological polar surface area (TPSA) is 3.24 Å². The molecule has 0 saturated carbocycles. The summed E-state index contributed by atoms with van der Waals surface area (Å²) in [5, 5.41) is 2.33. The highest BCUT2D eigenvalue weighted by molar-refractivity contribution is 7.10. The molecule has 0 aliphatic carbocycles. The summed E-state index contributed by atoms with van der Waals surface area (Å²) in [6.07, 6.45) is 1.35. The fourth-order valence-electron chi connectivity index (χ4n) is 2.07. The molecule has 72 valence electrons. The number of nitrogens with zero attached hydrogens (tertiary/aromatic N) is 1. The summed E-state index contributed by atoms with van der Waals surface area (Å²) in [6, 6.07) is 2.36. The minimum atomic E-state index is 0.810. The van der Waals surface area contributed by atoms with Crippen LogP contribution in [-0.2, 0) is 0 Å². The lowest BCUT2D eigenvalue weighted by Crippen LogP contribution is -2.19. The molecule has 0 bridgehead atoms. The number of aryl methyl sites for hydroxylation is 1. The second-order valence-electron chi connectivity index (χ2n) is 3.87. The first kappa shape index (κ1) is 9.22. The Bertz CT molecular complexity index is 279. The van der Waals surface area contributed by atoms with Crippen LogP contribution in [0.15, 0.2) is 11.4 Å². The second-order valence-corrected chi connectivity index (χ2v) is 4.98. The van der Waals surface area contributed by atoms with Gasteiger partial charge in [-0.25, -0.2) is 0 Å². The lowest BCUT2D eigenvalue weighted by molar-refractivity contribution is 0.354. The highest BCUT2D eigenvalue weighted by Gasteiger charge is 2.22. The SMILES string of the molecule is CCN1CCC(c2csc(C)c2)C1. The fourth-order valence-corrected chi connectivity index (χ4v) is 2.86. The number of hydrogen-bond acceptors (Lipinski definition) is 2. The van der Waals surface area contributed by atoms with Gasteiger partial charge in [-0.2, -0.15) is 0 Å². The Kier molecular flexibility index (Phi) is 2.70. The largest absolute Gasteiger partial charge is 0.303 e. The predicted octanol–water partition coefficient (Wildman–Crippen LogP) is 2.87. The monoisotopic (exact) mass is 195 g/mol. The van der Waals surface area contributed by atoms with Gasteiger partial charge in [0, 0.05) is 11.4 Å². The van der Waals surface area contributed by atoms with Gasteiger partial charge < -0.3 is 4.90 Å². The van der Waals surface area contributed by atoms with Crippen LogP contribution in [0.5, 0.6) is 0 Å². The predicted molar refractivity (Wildman–Crippen MR) is 58.5 cm³/mol.